The predicted molar refractivity (Wildman–Crippen MR) is 72.6 cm³/mol. The summed E-state index contributed by atoms with van der Waals surface area (Å²) >= 11 is 0. The summed E-state index contributed by atoms with van der Waals surface area (Å²) < 4.78 is 5.66. The molecule has 0 spiro atoms. The quantitative estimate of drug-likeness (QED) is 0.814. The highest BCUT2D eigenvalue weighted by atomic mass is 16.5. The van der Waals surface area contributed by atoms with Crippen LogP contribution in [-0.4, -0.2) is 19.7 Å². The second-order valence-electron chi connectivity index (χ2n) is 4.95. The van der Waals surface area contributed by atoms with Crippen LogP contribution in [0.2, 0.25) is 0 Å². The number of hydrogen-bond acceptors (Lipinski definition) is 3. The smallest absolute Gasteiger partial charge is 0.123 e. The van der Waals surface area contributed by atoms with Gasteiger partial charge >= 0.3 is 0 Å². The van der Waals surface area contributed by atoms with Gasteiger partial charge in [0.15, 0.2) is 0 Å². The van der Waals surface area contributed by atoms with E-state index in [4.69, 9.17) is 10.5 Å². The molecule has 1 heterocycles. The van der Waals surface area contributed by atoms with Gasteiger partial charge in [0.2, 0.25) is 0 Å². The van der Waals surface area contributed by atoms with Crippen LogP contribution in [0.4, 0.5) is 11.4 Å². The maximum absolute atomic E-state index is 5.93. The van der Waals surface area contributed by atoms with Crippen molar-refractivity contribution in [2.75, 3.05) is 30.3 Å². The summed E-state index contributed by atoms with van der Waals surface area (Å²) in [6, 6.07) is 6.04. The number of ether oxygens (including phenoxy) is 1. The van der Waals surface area contributed by atoms with Crippen LogP contribution in [-0.2, 0) is 0 Å². The van der Waals surface area contributed by atoms with E-state index in [1.165, 1.54) is 12.1 Å². The molecule has 1 aliphatic rings. The summed E-state index contributed by atoms with van der Waals surface area (Å²) in [6.45, 7) is 7.39. The lowest BCUT2D eigenvalue weighted by atomic mass is 10.2. The number of nitrogens with two attached hydrogens (primary N) is 1. The fourth-order valence-corrected chi connectivity index (χ4v) is 2.26. The van der Waals surface area contributed by atoms with Crippen LogP contribution < -0.4 is 15.4 Å². The minimum atomic E-state index is 0.749. The van der Waals surface area contributed by atoms with Crippen LogP contribution in [0.15, 0.2) is 18.2 Å². The second-order valence-corrected chi connectivity index (χ2v) is 4.95. The van der Waals surface area contributed by atoms with Gasteiger partial charge in [-0.05, 0) is 24.8 Å². The Kier molecular flexibility index (Phi) is 3.77. The lowest BCUT2D eigenvalue weighted by molar-refractivity contribution is 0.317. The van der Waals surface area contributed by atoms with Crippen LogP contribution >= 0.6 is 0 Å². The first-order valence-electron chi connectivity index (χ1n) is 6.47. The Morgan fingerprint density at radius 1 is 1.41 bits per heavy atom. The molecular formula is C14H22N2O. The highest BCUT2D eigenvalue weighted by Crippen LogP contribution is 2.29. The van der Waals surface area contributed by atoms with Crippen molar-refractivity contribution in [1.82, 2.24) is 0 Å². The molecule has 17 heavy (non-hydrogen) atoms. The third-order valence-corrected chi connectivity index (χ3v) is 3.18. The van der Waals surface area contributed by atoms with Crippen LogP contribution in [0, 0.1) is 5.92 Å². The standard InChI is InChI=1S/C14H22N2O/c1-3-6-17-14-8-12(15)7-13(9-14)16-5-4-11(2)10-16/h7-9,11H,3-6,10,15H2,1-2H3. The van der Waals surface area contributed by atoms with Gasteiger partial charge in [-0.2, -0.15) is 0 Å². The van der Waals surface area contributed by atoms with Crippen molar-refractivity contribution in [2.45, 2.75) is 26.7 Å². The van der Waals surface area contributed by atoms with Crippen molar-refractivity contribution in [3.05, 3.63) is 18.2 Å². The molecule has 1 aromatic rings. The van der Waals surface area contributed by atoms with Crippen LogP contribution in [0.1, 0.15) is 26.7 Å². The Balaban J connectivity index is 2.13. The lowest BCUT2D eigenvalue weighted by Crippen LogP contribution is -2.19. The van der Waals surface area contributed by atoms with Gasteiger partial charge in [-0.3, -0.25) is 0 Å². The van der Waals surface area contributed by atoms with Gasteiger partial charge in [-0.25, -0.2) is 0 Å². The number of anilines is 2. The normalized spacial score (nSPS) is 19.6. The van der Waals surface area contributed by atoms with Crippen LogP contribution in [0.25, 0.3) is 0 Å². The zero-order valence-electron chi connectivity index (χ0n) is 10.8. The van der Waals surface area contributed by atoms with Crippen molar-refractivity contribution in [3.63, 3.8) is 0 Å². The molecule has 0 aliphatic carbocycles. The first-order valence-corrected chi connectivity index (χ1v) is 6.47. The van der Waals surface area contributed by atoms with Gasteiger partial charge in [0.1, 0.15) is 5.75 Å². The molecule has 2 rings (SSSR count). The third kappa shape index (κ3) is 3.05. The maximum Gasteiger partial charge on any atom is 0.123 e. The molecular weight excluding hydrogens is 212 g/mol. The van der Waals surface area contributed by atoms with Gasteiger partial charge in [0.25, 0.3) is 0 Å². The highest BCUT2D eigenvalue weighted by molar-refractivity contribution is 5.61. The van der Waals surface area contributed by atoms with Gasteiger partial charge < -0.3 is 15.4 Å². The highest BCUT2D eigenvalue weighted by Gasteiger charge is 2.19. The monoisotopic (exact) mass is 234 g/mol. The van der Waals surface area contributed by atoms with Gasteiger partial charge in [-0.1, -0.05) is 13.8 Å². The third-order valence-electron chi connectivity index (χ3n) is 3.18. The minimum absolute atomic E-state index is 0.749. The molecule has 3 nitrogen and oxygen atoms in total. The Labute approximate surface area is 104 Å². The van der Waals surface area contributed by atoms with E-state index in [2.05, 4.69) is 24.8 Å². The summed E-state index contributed by atoms with van der Waals surface area (Å²) in [4.78, 5) is 2.39. The summed E-state index contributed by atoms with van der Waals surface area (Å²) in [7, 11) is 0. The van der Waals surface area contributed by atoms with E-state index >= 15 is 0 Å². The Hall–Kier alpha value is -1.38. The Morgan fingerprint density at radius 2 is 2.24 bits per heavy atom. The van der Waals surface area contributed by atoms with E-state index in [9.17, 15) is 0 Å². The molecule has 0 aromatic heterocycles. The van der Waals surface area contributed by atoms with Crippen molar-refractivity contribution in [2.24, 2.45) is 5.92 Å². The van der Waals surface area contributed by atoms with Crippen molar-refractivity contribution < 1.29 is 4.74 Å². The molecule has 0 bridgehead atoms. The molecule has 1 atom stereocenters. The number of nitrogens with zero attached hydrogens (tertiary/aromatic N) is 1. The molecule has 1 aromatic carbocycles. The lowest BCUT2D eigenvalue weighted by Gasteiger charge is -2.19. The zero-order valence-corrected chi connectivity index (χ0v) is 10.8. The first-order chi connectivity index (χ1) is 8.19. The fourth-order valence-electron chi connectivity index (χ4n) is 2.26. The van der Waals surface area contributed by atoms with Crippen LogP contribution in [0.3, 0.4) is 0 Å². The molecule has 2 N–H and O–H groups in total. The number of nitrogen functional groups attached to an aromatic ring is 1. The molecule has 1 aliphatic heterocycles. The van der Waals surface area contributed by atoms with Crippen molar-refractivity contribution in [3.8, 4) is 5.75 Å². The van der Waals surface area contributed by atoms with E-state index in [1.807, 2.05) is 12.1 Å². The molecule has 3 heteroatoms. The van der Waals surface area contributed by atoms with E-state index in [-0.39, 0.29) is 0 Å². The first kappa shape index (κ1) is 12.1. The zero-order chi connectivity index (χ0) is 12.3. The van der Waals surface area contributed by atoms with Crippen LogP contribution in [0.5, 0.6) is 5.75 Å². The summed E-state index contributed by atoms with van der Waals surface area (Å²) in [5.41, 5.74) is 7.91. The van der Waals surface area contributed by atoms with Crippen molar-refractivity contribution in [1.29, 1.82) is 0 Å². The second kappa shape index (κ2) is 5.30. The maximum atomic E-state index is 5.93. The van der Waals surface area contributed by atoms with E-state index in [0.717, 1.165) is 43.5 Å². The Morgan fingerprint density at radius 3 is 2.88 bits per heavy atom. The van der Waals surface area contributed by atoms with Gasteiger partial charge in [0, 0.05) is 36.6 Å². The van der Waals surface area contributed by atoms with Gasteiger partial charge in [0.05, 0.1) is 6.61 Å². The number of benzene rings is 1. The largest absolute Gasteiger partial charge is 0.493 e. The predicted octanol–water partition coefficient (Wildman–Crippen LogP) is 2.90. The molecule has 0 saturated carbocycles. The van der Waals surface area contributed by atoms with E-state index in [0.29, 0.717) is 0 Å². The topological polar surface area (TPSA) is 38.5 Å². The van der Waals surface area contributed by atoms with E-state index in [1.54, 1.807) is 0 Å². The summed E-state index contributed by atoms with van der Waals surface area (Å²) in [5, 5.41) is 0. The Bertz CT molecular complexity index is 378. The van der Waals surface area contributed by atoms with Crippen molar-refractivity contribution >= 4 is 11.4 Å². The average Bonchev–Trinajstić information content (AvgIpc) is 2.72. The van der Waals surface area contributed by atoms with E-state index < -0.39 is 0 Å². The molecule has 0 amide bonds. The van der Waals surface area contributed by atoms with Gasteiger partial charge in [-0.15, -0.1) is 0 Å². The fraction of sp³-hybridized carbons (Fsp3) is 0.571. The molecule has 0 radical (unpaired) electrons. The molecule has 94 valence electrons. The SMILES string of the molecule is CCCOc1cc(N)cc(N2CCC(C)C2)c1. The molecule has 1 fully saturated rings. The average molecular weight is 234 g/mol. The minimum Gasteiger partial charge on any atom is -0.493 e. The molecule has 1 saturated heterocycles. The summed E-state index contributed by atoms with van der Waals surface area (Å²) in [5.74, 6) is 1.66. The number of rotatable bonds is 4. The summed E-state index contributed by atoms with van der Waals surface area (Å²) in [6.07, 6.45) is 2.28. The number of hydrogen-bond donors (Lipinski definition) is 1. The molecule has 1 unspecified atom stereocenters.